The van der Waals surface area contributed by atoms with Crippen LogP contribution in [0.15, 0.2) is 20.1 Å². The fourth-order valence-electron chi connectivity index (χ4n) is 1.50. The molecule has 0 saturated carbocycles. The van der Waals surface area contributed by atoms with Gasteiger partial charge in [-0.3, -0.25) is 0 Å². The second kappa shape index (κ2) is 5.77. The predicted molar refractivity (Wildman–Crippen MR) is 69.8 cm³/mol. The molecule has 5 nitrogen and oxygen atoms in total. The molecule has 0 amide bonds. The Balaban J connectivity index is 1.96. The summed E-state index contributed by atoms with van der Waals surface area (Å²) in [5, 5.41) is 4.93. The number of rotatable bonds is 4. The van der Waals surface area contributed by atoms with Gasteiger partial charge in [0.25, 0.3) is 10.0 Å². The number of thiophene rings is 1. The van der Waals surface area contributed by atoms with E-state index in [1.807, 2.05) is 0 Å². The molecular weight excluding hydrogens is 328 g/mol. The van der Waals surface area contributed by atoms with Gasteiger partial charge in [-0.05, 0) is 27.4 Å². The van der Waals surface area contributed by atoms with E-state index in [-0.39, 0.29) is 6.04 Å². The van der Waals surface area contributed by atoms with Crippen LogP contribution in [-0.4, -0.2) is 40.8 Å². The lowest BCUT2D eigenvalue weighted by molar-refractivity contribution is 0.0784. The first-order valence-electron chi connectivity index (χ1n) is 5.13. The molecule has 1 aliphatic rings. The van der Waals surface area contributed by atoms with Crippen molar-refractivity contribution in [1.29, 1.82) is 0 Å². The molecule has 1 aliphatic heterocycles. The van der Waals surface area contributed by atoms with Crippen molar-refractivity contribution in [1.82, 2.24) is 10.0 Å². The minimum absolute atomic E-state index is 0.0391. The Morgan fingerprint density at radius 3 is 3.06 bits per heavy atom. The topological polar surface area (TPSA) is 67.4 Å². The van der Waals surface area contributed by atoms with E-state index >= 15 is 0 Å². The van der Waals surface area contributed by atoms with Crippen molar-refractivity contribution < 1.29 is 13.2 Å². The van der Waals surface area contributed by atoms with Crippen LogP contribution in [0.5, 0.6) is 0 Å². The highest BCUT2D eigenvalue weighted by Crippen LogP contribution is 2.27. The monoisotopic (exact) mass is 340 g/mol. The quantitative estimate of drug-likeness (QED) is 0.849. The van der Waals surface area contributed by atoms with Gasteiger partial charge in [0.1, 0.15) is 4.21 Å². The van der Waals surface area contributed by atoms with Crippen LogP contribution in [0.25, 0.3) is 0 Å². The number of hydrogen-bond donors (Lipinski definition) is 2. The van der Waals surface area contributed by atoms with Gasteiger partial charge in [0, 0.05) is 23.6 Å². The van der Waals surface area contributed by atoms with Crippen LogP contribution in [0.2, 0.25) is 0 Å². The van der Waals surface area contributed by atoms with Gasteiger partial charge >= 0.3 is 0 Å². The van der Waals surface area contributed by atoms with E-state index in [4.69, 9.17) is 4.74 Å². The molecule has 17 heavy (non-hydrogen) atoms. The summed E-state index contributed by atoms with van der Waals surface area (Å²) in [6.45, 7) is 2.32. The first-order chi connectivity index (χ1) is 8.09. The molecule has 1 fully saturated rings. The fourth-order valence-corrected chi connectivity index (χ4v) is 4.96. The van der Waals surface area contributed by atoms with E-state index < -0.39 is 10.0 Å². The van der Waals surface area contributed by atoms with Crippen molar-refractivity contribution in [3.8, 4) is 0 Å². The minimum Gasteiger partial charge on any atom is -0.378 e. The molecule has 1 atom stereocenters. The Labute approximate surface area is 113 Å². The Morgan fingerprint density at radius 2 is 2.47 bits per heavy atom. The SMILES string of the molecule is O=S(=O)(NCC1COCCN1)c1sccc1Br. The molecule has 0 aromatic carbocycles. The Kier molecular flexibility index (Phi) is 4.56. The Bertz CT molecular complexity index is 468. The van der Waals surface area contributed by atoms with E-state index in [1.54, 1.807) is 11.4 Å². The first kappa shape index (κ1) is 13.4. The number of ether oxygens (including phenoxy) is 1. The second-order valence-electron chi connectivity index (χ2n) is 3.63. The third kappa shape index (κ3) is 3.49. The molecule has 1 aromatic rings. The highest BCUT2D eigenvalue weighted by atomic mass is 79.9. The van der Waals surface area contributed by atoms with Crippen LogP contribution < -0.4 is 10.0 Å². The van der Waals surface area contributed by atoms with Crippen molar-refractivity contribution in [2.75, 3.05) is 26.3 Å². The van der Waals surface area contributed by atoms with Gasteiger partial charge in [-0.15, -0.1) is 11.3 Å². The van der Waals surface area contributed by atoms with Gasteiger partial charge in [-0.1, -0.05) is 0 Å². The zero-order chi connectivity index (χ0) is 12.3. The van der Waals surface area contributed by atoms with Crippen LogP contribution in [0.1, 0.15) is 0 Å². The third-order valence-corrected chi connectivity index (χ3v) is 6.44. The maximum atomic E-state index is 12.0. The Hall–Kier alpha value is 0.01000. The zero-order valence-corrected chi connectivity index (χ0v) is 12.2. The zero-order valence-electron chi connectivity index (χ0n) is 8.98. The number of sulfonamides is 1. The smallest absolute Gasteiger partial charge is 0.251 e. The molecular formula is C9H13BrN2O3S2. The standard InChI is InChI=1S/C9H13BrN2O3S2/c10-8-1-4-16-9(8)17(13,14)12-5-7-6-15-3-2-11-7/h1,4,7,11-12H,2-3,5-6H2. The van der Waals surface area contributed by atoms with E-state index in [0.29, 0.717) is 28.4 Å². The van der Waals surface area contributed by atoms with Crippen molar-refractivity contribution in [3.63, 3.8) is 0 Å². The summed E-state index contributed by atoms with van der Waals surface area (Å²) in [6.07, 6.45) is 0. The summed E-state index contributed by atoms with van der Waals surface area (Å²) in [6, 6.07) is 1.76. The lowest BCUT2D eigenvalue weighted by atomic mass is 10.3. The van der Waals surface area contributed by atoms with Crippen molar-refractivity contribution in [3.05, 3.63) is 15.9 Å². The largest absolute Gasteiger partial charge is 0.378 e. The maximum Gasteiger partial charge on any atom is 0.251 e. The van der Waals surface area contributed by atoms with E-state index in [9.17, 15) is 8.42 Å². The van der Waals surface area contributed by atoms with Crippen LogP contribution in [-0.2, 0) is 14.8 Å². The summed E-state index contributed by atoms with van der Waals surface area (Å²) >= 11 is 4.41. The van der Waals surface area contributed by atoms with E-state index in [2.05, 4.69) is 26.0 Å². The van der Waals surface area contributed by atoms with Crippen LogP contribution in [0.3, 0.4) is 0 Å². The summed E-state index contributed by atoms with van der Waals surface area (Å²) in [5.74, 6) is 0. The van der Waals surface area contributed by atoms with Gasteiger partial charge in [0.2, 0.25) is 0 Å². The van der Waals surface area contributed by atoms with Gasteiger partial charge in [-0.2, -0.15) is 0 Å². The van der Waals surface area contributed by atoms with Gasteiger partial charge < -0.3 is 10.1 Å². The molecule has 0 aliphatic carbocycles. The molecule has 1 aromatic heterocycles. The first-order valence-corrected chi connectivity index (χ1v) is 8.29. The predicted octanol–water partition coefficient (Wildman–Crippen LogP) is 0.777. The molecule has 1 unspecified atom stereocenters. The van der Waals surface area contributed by atoms with Gasteiger partial charge in [-0.25, -0.2) is 13.1 Å². The van der Waals surface area contributed by atoms with Crippen molar-refractivity contribution in [2.24, 2.45) is 0 Å². The third-order valence-electron chi connectivity index (χ3n) is 2.35. The highest BCUT2D eigenvalue weighted by Gasteiger charge is 2.21. The average molecular weight is 341 g/mol. The highest BCUT2D eigenvalue weighted by molar-refractivity contribution is 9.10. The summed E-state index contributed by atoms with van der Waals surface area (Å²) in [4.78, 5) is 0. The maximum absolute atomic E-state index is 12.0. The number of morpholine rings is 1. The Morgan fingerprint density at radius 1 is 1.65 bits per heavy atom. The molecule has 2 heterocycles. The van der Waals surface area contributed by atoms with E-state index in [0.717, 1.165) is 6.54 Å². The van der Waals surface area contributed by atoms with Gasteiger partial charge in [0.05, 0.1) is 13.2 Å². The van der Waals surface area contributed by atoms with Gasteiger partial charge in [0.15, 0.2) is 0 Å². The number of nitrogens with one attached hydrogen (secondary N) is 2. The molecule has 96 valence electrons. The number of hydrogen-bond acceptors (Lipinski definition) is 5. The number of halogens is 1. The van der Waals surface area contributed by atoms with Crippen LogP contribution in [0, 0.1) is 0 Å². The molecule has 2 rings (SSSR count). The van der Waals surface area contributed by atoms with E-state index in [1.165, 1.54) is 11.3 Å². The molecule has 1 saturated heterocycles. The molecule has 0 radical (unpaired) electrons. The molecule has 2 N–H and O–H groups in total. The van der Waals surface area contributed by atoms with Crippen LogP contribution >= 0.6 is 27.3 Å². The summed E-state index contributed by atoms with van der Waals surface area (Å²) < 4.78 is 32.7. The normalized spacial score (nSPS) is 21.6. The molecule has 0 spiro atoms. The molecule has 8 heteroatoms. The average Bonchev–Trinajstić information content (AvgIpc) is 2.75. The minimum atomic E-state index is -3.42. The lowest BCUT2D eigenvalue weighted by Gasteiger charge is -2.23. The second-order valence-corrected chi connectivity index (χ2v) is 7.37. The summed E-state index contributed by atoms with van der Waals surface area (Å²) in [7, 11) is -3.42. The summed E-state index contributed by atoms with van der Waals surface area (Å²) in [5.41, 5.74) is 0. The molecule has 0 bridgehead atoms. The lowest BCUT2D eigenvalue weighted by Crippen LogP contribution is -2.48. The van der Waals surface area contributed by atoms with Crippen molar-refractivity contribution >= 4 is 37.3 Å². The van der Waals surface area contributed by atoms with Crippen molar-refractivity contribution in [2.45, 2.75) is 10.3 Å². The fraction of sp³-hybridized carbons (Fsp3) is 0.556. The van der Waals surface area contributed by atoms with Crippen LogP contribution in [0.4, 0.5) is 0 Å².